The lowest BCUT2D eigenvalue weighted by atomic mass is 9.82. The third-order valence-corrected chi connectivity index (χ3v) is 5.69. The summed E-state index contributed by atoms with van der Waals surface area (Å²) in [7, 11) is 0. The molecule has 2 bridgehead atoms. The van der Waals surface area contributed by atoms with Crippen LogP contribution in [0, 0.1) is 0 Å². The van der Waals surface area contributed by atoms with E-state index in [1.165, 1.54) is 19.3 Å². The molecule has 0 spiro atoms. The van der Waals surface area contributed by atoms with Gasteiger partial charge in [0.25, 0.3) is 5.91 Å². The van der Waals surface area contributed by atoms with Crippen LogP contribution in [0.25, 0.3) is 0 Å². The number of benzene rings is 1. The van der Waals surface area contributed by atoms with Crippen LogP contribution in [0.2, 0.25) is 0 Å². The van der Waals surface area contributed by atoms with Gasteiger partial charge in [0.15, 0.2) is 0 Å². The van der Waals surface area contributed by atoms with E-state index in [1.54, 1.807) is 11.1 Å². The molecular weight excluding hydrogens is 286 g/mol. The van der Waals surface area contributed by atoms with E-state index >= 15 is 0 Å². The summed E-state index contributed by atoms with van der Waals surface area (Å²) < 4.78 is 5.67. The number of allylic oxidation sites excluding steroid dienone is 1. The van der Waals surface area contributed by atoms with Crippen molar-refractivity contribution in [1.29, 1.82) is 0 Å². The van der Waals surface area contributed by atoms with Gasteiger partial charge in [-0.15, -0.1) is 0 Å². The highest BCUT2D eigenvalue weighted by atomic mass is 16.5. The summed E-state index contributed by atoms with van der Waals surface area (Å²) in [6, 6.07) is 8.49. The highest BCUT2D eigenvalue weighted by Crippen LogP contribution is 2.44. The molecule has 1 aromatic carbocycles. The number of carbonyl (C=O) groups excluding carboxylic acids is 1. The van der Waals surface area contributed by atoms with E-state index in [0.29, 0.717) is 18.7 Å². The minimum atomic E-state index is 0.166. The molecule has 1 amide bonds. The van der Waals surface area contributed by atoms with Crippen LogP contribution in [-0.4, -0.2) is 29.5 Å². The molecule has 23 heavy (non-hydrogen) atoms. The first-order valence-corrected chi connectivity index (χ1v) is 9.02. The van der Waals surface area contributed by atoms with Crippen LogP contribution in [-0.2, 0) is 0 Å². The van der Waals surface area contributed by atoms with E-state index < -0.39 is 0 Å². The van der Waals surface area contributed by atoms with Gasteiger partial charge in [-0.1, -0.05) is 23.3 Å². The zero-order valence-electron chi connectivity index (χ0n) is 13.9. The van der Waals surface area contributed by atoms with Crippen molar-refractivity contribution in [3.63, 3.8) is 0 Å². The van der Waals surface area contributed by atoms with E-state index in [-0.39, 0.29) is 5.91 Å². The van der Waals surface area contributed by atoms with E-state index in [1.807, 2.05) is 31.2 Å². The summed E-state index contributed by atoms with van der Waals surface area (Å²) >= 11 is 0. The van der Waals surface area contributed by atoms with Crippen molar-refractivity contribution >= 4 is 5.91 Å². The Morgan fingerprint density at radius 1 is 1.13 bits per heavy atom. The summed E-state index contributed by atoms with van der Waals surface area (Å²) in [5, 5.41) is 0. The summed E-state index contributed by atoms with van der Waals surface area (Å²) in [6.07, 6.45) is 8.49. The Morgan fingerprint density at radius 3 is 2.43 bits per heavy atom. The lowest BCUT2D eigenvalue weighted by Crippen LogP contribution is -2.45. The predicted molar refractivity (Wildman–Crippen MR) is 90.7 cm³/mol. The lowest BCUT2D eigenvalue weighted by molar-refractivity contribution is 0.0628. The molecule has 0 aromatic heterocycles. The van der Waals surface area contributed by atoms with Gasteiger partial charge in [0, 0.05) is 12.1 Å². The molecule has 2 saturated heterocycles. The second-order valence-electron chi connectivity index (χ2n) is 7.00. The van der Waals surface area contributed by atoms with Crippen LogP contribution in [0.3, 0.4) is 0 Å². The molecule has 4 rings (SSSR count). The number of rotatable bonds is 3. The zero-order valence-corrected chi connectivity index (χ0v) is 13.9. The fourth-order valence-corrected chi connectivity index (χ4v) is 4.41. The van der Waals surface area contributed by atoms with Crippen molar-refractivity contribution in [3.05, 3.63) is 41.0 Å². The fourth-order valence-electron chi connectivity index (χ4n) is 4.41. The number of hydrogen-bond acceptors (Lipinski definition) is 2. The topological polar surface area (TPSA) is 29.5 Å². The van der Waals surface area contributed by atoms with Gasteiger partial charge >= 0.3 is 0 Å². The van der Waals surface area contributed by atoms with Crippen LogP contribution in [0.15, 0.2) is 35.4 Å². The number of para-hydroxylation sites is 1. The van der Waals surface area contributed by atoms with Crippen molar-refractivity contribution in [1.82, 2.24) is 4.90 Å². The largest absolute Gasteiger partial charge is 0.493 e. The van der Waals surface area contributed by atoms with E-state index in [2.05, 4.69) is 4.90 Å². The number of piperidine rings is 1. The molecule has 2 unspecified atom stereocenters. The van der Waals surface area contributed by atoms with Crippen LogP contribution in [0.1, 0.15) is 62.2 Å². The molecule has 122 valence electrons. The Kier molecular flexibility index (Phi) is 3.88. The maximum atomic E-state index is 13.1. The molecule has 2 heterocycles. The van der Waals surface area contributed by atoms with Crippen LogP contribution < -0.4 is 4.74 Å². The van der Waals surface area contributed by atoms with Gasteiger partial charge in [0.1, 0.15) is 5.75 Å². The van der Waals surface area contributed by atoms with E-state index in [0.717, 1.165) is 37.0 Å². The maximum absolute atomic E-state index is 13.1. The van der Waals surface area contributed by atoms with Crippen molar-refractivity contribution < 1.29 is 9.53 Å². The molecule has 1 aromatic rings. The van der Waals surface area contributed by atoms with Gasteiger partial charge in [-0.2, -0.15) is 0 Å². The van der Waals surface area contributed by atoms with Crippen molar-refractivity contribution in [2.45, 2.75) is 64.0 Å². The van der Waals surface area contributed by atoms with Crippen molar-refractivity contribution in [2.75, 3.05) is 6.61 Å². The summed E-state index contributed by atoms with van der Waals surface area (Å²) in [5.41, 5.74) is 4.10. The minimum absolute atomic E-state index is 0.166. The molecule has 3 aliphatic rings. The van der Waals surface area contributed by atoms with Crippen LogP contribution in [0.5, 0.6) is 5.75 Å². The molecule has 0 radical (unpaired) electrons. The molecule has 1 saturated carbocycles. The smallest absolute Gasteiger partial charge is 0.258 e. The first-order valence-electron chi connectivity index (χ1n) is 9.02. The average molecular weight is 311 g/mol. The van der Waals surface area contributed by atoms with Crippen LogP contribution in [0.4, 0.5) is 0 Å². The molecule has 1 aliphatic carbocycles. The first kappa shape index (κ1) is 14.8. The first-order chi connectivity index (χ1) is 11.3. The highest BCUT2D eigenvalue weighted by molar-refractivity contribution is 5.97. The Labute approximate surface area is 138 Å². The number of nitrogens with zero attached hydrogens (tertiary/aromatic N) is 1. The standard InChI is InChI=1S/C20H25NO2/c1-2-23-19-9-4-3-8-18(19)20(22)21-16-10-11-17(21)13-15(12-16)14-6-5-7-14/h3-4,8-9,16-17H,2,5-7,10-13H2,1H3. The lowest BCUT2D eigenvalue weighted by Gasteiger charge is -2.38. The third kappa shape index (κ3) is 2.56. The molecule has 3 fully saturated rings. The maximum Gasteiger partial charge on any atom is 0.258 e. The van der Waals surface area contributed by atoms with Gasteiger partial charge < -0.3 is 9.64 Å². The summed E-state index contributed by atoms with van der Waals surface area (Å²) in [4.78, 5) is 15.3. The van der Waals surface area contributed by atoms with Gasteiger partial charge in [0.05, 0.1) is 12.2 Å². The Balaban J connectivity index is 1.58. The van der Waals surface area contributed by atoms with Gasteiger partial charge in [-0.3, -0.25) is 4.79 Å². The second-order valence-corrected chi connectivity index (χ2v) is 7.00. The Morgan fingerprint density at radius 2 is 1.83 bits per heavy atom. The molecule has 3 nitrogen and oxygen atoms in total. The number of fused-ring (bicyclic) bond motifs is 2. The number of carbonyl (C=O) groups is 1. The van der Waals surface area contributed by atoms with Crippen molar-refractivity contribution in [2.24, 2.45) is 0 Å². The predicted octanol–water partition coefficient (Wildman–Crippen LogP) is 4.33. The van der Waals surface area contributed by atoms with E-state index in [4.69, 9.17) is 4.74 Å². The SMILES string of the molecule is CCOc1ccccc1C(=O)N1C2CCC1CC(=C1CCC1)C2. The quantitative estimate of drug-likeness (QED) is 0.777. The number of ether oxygens (including phenoxy) is 1. The molecule has 3 heteroatoms. The summed E-state index contributed by atoms with van der Waals surface area (Å²) in [5.74, 6) is 0.891. The molecular formula is C20H25NO2. The number of amides is 1. The number of hydrogen-bond donors (Lipinski definition) is 0. The highest BCUT2D eigenvalue weighted by Gasteiger charge is 2.42. The monoisotopic (exact) mass is 311 g/mol. The van der Waals surface area contributed by atoms with Crippen molar-refractivity contribution in [3.8, 4) is 5.75 Å². The molecule has 2 aliphatic heterocycles. The third-order valence-electron chi connectivity index (χ3n) is 5.69. The average Bonchev–Trinajstić information content (AvgIpc) is 2.77. The molecule has 2 atom stereocenters. The Hall–Kier alpha value is -1.77. The van der Waals surface area contributed by atoms with E-state index in [9.17, 15) is 4.79 Å². The summed E-state index contributed by atoms with van der Waals surface area (Å²) in [6.45, 7) is 2.55. The Bertz CT molecular complexity index is 627. The fraction of sp³-hybridized carbons (Fsp3) is 0.550. The van der Waals surface area contributed by atoms with Gasteiger partial charge in [-0.05, 0) is 64.0 Å². The van der Waals surface area contributed by atoms with Gasteiger partial charge in [0.2, 0.25) is 0 Å². The second kappa shape index (κ2) is 6.03. The molecule has 0 N–H and O–H groups in total. The zero-order chi connectivity index (χ0) is 15.8. The van der Waals surface area contributed by atoms with Gasteiger partial charge in [-0.25, -0.2) is 0 Å². The minimum Gasteiger partial charge on any atom is -0.493 e. The normalized spacial score (nSPS) is 26.2. The van der Waals surface area contributed by atoms with Crippen LogP contribution >= 0.6 is 0 Å².